The monoisotopic (exact) mass is 311 g/mol. The summed E-state index contributed by atoms with van der Waals surface area (Å²) in [6.45, 7) is 5.66. The van der Waals surface area contributed by atoms with Crippen molar-refractivity contribution < 1.29 is 9.47 Å². The molecule has 2 heterocycles. The number of nitrogens with one attached hydrogen (secondary N) is 1. The van der Waals surface area contributed by atoms with Gasteiger partial charge in [0.1, 0.15) is 13.2 Å². The molecule has 4 heteroatoms. The van der Waals surface area contributed by atoms with Crippen molar-refractivity contribution in [2.45, 2.75) is 25.7 Å². The fraction of sp³-hybridized carbons (Fsp3) is 0.571. The minimum absolute atomic E-state index is 0.604. The first-order valence-electron chi connectivity index (χ1n) is 6.62. The normalized spacial score (nSPS) is 22.2. The van der Waals surface area contributed by atoms with Crippen LogP contribution in [0.2, 0.25) is 0 Å². The minimum Gasteiger partial charge on any atom is -0.486 e. The van der Waals surface area contributed by atoms with E-state index in [1.54, 1.807) is 0 Å². The van der Waals surface area contributed by atoms with Crippen molar-refractivity contribution in [1.29, 1.82) is 0 Å². The molecule has 18 heavy (non-hydrogen) atoms. The van der Waals surface area contributed by atoms with Crippen molar-refractivity contribution >= 4 is 15.9 Å². The number of halogens is 1. The number of hydrogen-bond acceptors (Lipinski definition) is 3. The van der Waals surface area contributed by atoms with Crippen LogP contribution in [-0.4, -0.2) is 26.3 Å². The molecule has 3 nitrogen and oxygen atoms in total. The van der Waals surface area contributed by atoms with Gasteiger partial charge in [0.25, 0.3) is 0 Å². The molecule has 1 atom stereocenters. The summed E-state index contributed by atoms with van der Waals surface area (Å²) >= 11 is 3.62. The van der Waals surface area contributed by atoms with E-state index in [4.69, 9.17) is 9.47 Å². The van der Waals surface area contributed by atoms with Gasteiger partial charge in [-0.1, -0.05) is 6.92 Å². The maximum Gasteiger partial charge on any atom is 0.175 e. The zero-order chi connectivity index (χ0) is 12.5. The maximum atomic E-state index is 5.85. The molecule has 0 aliphatic carbocycles. The molecule has 0 bridgehead atoms. The second-order valence-electron chi connectivity index (χ2n) is 4.82. The van der Waals surface area contributed by atoms with Crippen molar-refractivity contribution in [2.24, 2.45) is 0 Å². The van der Waals surface area contributed by atoms with Gasteiger partial charge in [-0.05, 0) is 52.9 Å². The van der Waals surface area contributed by atoms with Crippen molar-refractivity contribution in [1.82, 2.24) is 5.32 Å². The van der Waals surface area contributed by atoms with Gasteiger partial charge < -0.3 is 14.8 Å². The summed E-state index contributed by atoms with van der Waals surface area (Å²) in [5.74, 6) is 2.44. The molecule has 98 valence electrons. The molecular weight excluding hydrogens is 294 g/mol. The average Bonchev–Trinajstić information content (AvgIpc) is 2.92. The zero-order valence-corrected chi connectivity index (χ0v) is 12.2. The third-order valence-electron chi connectivity index (χ3n) is 3.76. The highest BCUT2D eigenvalue weighted by Crippen LogP contribution is 2.45. The molecule has 1 saturated heterocycles. The Morgan fingerprint density at radius 2 is 2.11 bits per heavy atom. The Morgan fingerprint density at radius 1 is 1.33 bits per heavy atom. The molecule has 2 aliphatic heterocycles. The molecule has 0 aromatic heterocycles. The second-order valence-corrected chi connectivity index (χ2v) is 5.68. The van der Waals surface area contributed by atoms with Crippen molar-refractivity contribution in [3.63, 3.8) is 0 Å². The van der Waals surface area contributed by atoms with Crippen LogP contribution in [0.25, 0.3) is 0 Å². The van der Waals surface area contributed by atoms with E-state index in [0.717, 1.165) is 35.5 Å². The van der Waals surface area contributed by atoms with E-state index >= 15 is 0 Å². The first-order valence-corrected chi connectivity index (χ1v) is 7.42. The van der Waals surface area contributed by atoms with Crippen LogP contribution in [0.5, 0.6) is 11.5 Å². The highest BCUT2D eigenvalue weighted by Gasteiger charge is 2.26. The van der Waals surface area contributed by atoms with E-state index in [-0.39, 0.29) is 0 Å². The third-order valence-corrected chi connectivity index (χ3v) is 4.35. The van der Waals surface area contributed by atoms with Gasteiger partial charge in [0.2, 0.25) is 0 Å². The fourth-order valence-corrected chi connectivity index (χ4v) is 3.43. The van der Waals surface area contributed by atoms with Crippen molar-refractivity contribution in [3.8, 4) is 11.5 Å². The summed E-state index contributed by atoms with van der Waals surface area (Å²) in [5, 5.41) is 3.43. The molecule has 0 radical (unpaired) electrons. The number of ether oxygens (including phenoxy) is 2. The third kappa shape index (κ3) is 2.01. The molecule has 0 saturated carbocycles. The SMILES string of the molecule is CCc1c(C2CCNC2)cc(Br)c2c1OCCO2. The number of benzene rings is 1. The molecular formula is C14H18BrNO2. The van der Waals surface area contributed by atoms with Crippen LogP contribution in [0.1, 0.15) is 30.4 Å². The van der Waals surface area contributed by atoms with Gasteiger partial charge in [-0.3, -0.25) is 0 Å². The lowest BCUT2D eigenvalue weighted by atomic mass is 9.91. The van der Waals surface area contributed by atoms with Crippen molar-refractivity contribution in [3.05, 3.63) is 21.7 Å². The quantitative estimate of drug-likeness (QED) is 0.911. The van der Waals surface area contributed by atoms with Gasteiger partial charge in [-0.2, -0.15) is 0 Å². The summed E-state index contributed by atoms with van der Waals surface area (Å²) in [6.07, 6.45) is 2.20. The number of rotatable bonds is 2. The topological polar surface area (TPSA) is 30.5 Å². The molecule has 0 amide bonds. The Bertz CT molecular complexity index is 456. The number of hydrogen-bond donors (Lipinski definition) is 1. The largest absolute Gasteiger partial charge is 0.486 e. The molecule has 1 unspecified atom stereocenters. The average molecular weight is 312 g/mol. The summed E-state index contributed by atoms with van der Waals surface area (Å²) in [6, 6.07) is 2.23. The summed E-state index contributed by atoms with van der Waals surface area (Å²) in [5.41, 5.74) is 2.74. The molecule has 3 rings (SSSR count). The smallest absolute Gasteiger partial charge is 0.175 e. The van der Waals surface area contributed by atoms with Crippen LogP contribution in [0.15, 0.2) is 10.5 Å². The Labute approximate surface area is 116 Å². The van der Waals surface area contributed by atoms with E-state index in [2.05, 4.69) is 34.2 Å². The number of fused-ring (bicyclic) bond motifs is 1. The van der Waals surface area contributed by atoms with Crippen LogP contribution in [-0.2, 0) is 6.42 Å². The second kappa shape index (κ2) is 5.10. The minimum atomic E-state index is 0.604. The Morgan fingerprint density at radius 3 is 2.78 bits per heavy atom. The maximum absolute atomic E-state index is 5.85. The van der Waals surface area contributed by atoms with Crippen molar-refractivity contribution in [2.75, 3.05) is 26.3 Å². The van der Waals surface area contributed by atoms with Gasteiger partial charge in [-0.15, -0.1) is 0 Å². The Hall–Kier alpha value is -0.740. The van der Waals surface area contributed by atoms with E-state index in [1.165, 1.54) is 17.5 Å². The van der Waals surface area contributed by atoms with E-state index in [9.17, 15) is 0 Å². The van der Waals surface area contributed by atoms with Crippen LogP contribution >= 0.6 is 15.9 Å². The lowest BCUT2D eigenvalue weighted by molar-refractivity contribution is 0.168. The van der Waals surface area contributed by atoms with Gasteiger partial charge in [-0.25, -0.2) is 0 Å². The van der Waals surface area contributed by atoms with E-state index in [0.29, 0.717) is 19.1 Å². The van der Waals surface area contributed by atoms with Gasteiger partial charge in [0, 0.05) is 12.1 Å². The lowest BCUT2D eigenvalue weighted by Gasteiger charge is -2.25. The molecule has 0 spiro atoms. The Kier molecular flexibility index (Phi) is 3.48. The molecule has 1 N–H and O–H groups in total. The summed E-state index contributed by atoms with van der Waals surface area (Å²) in [7, 11) is 0. The van der Waals surface area contributed by atoms with Crippen LogP contribution < -0.4 is 14.8 Å². The van der Waals surface area contributed by atoms with Crippen LogP contribution in [0.4, 0.5) is 0 Å². The lowest BCUT2D eigenvalue weighted by Crippen LogP contribution is -2.18. The highest BCUT2D eigenvalue weighted by molar-refractivity contribution is 9.10. The Balaban J connectivity index is 2.10. The fourth-order valence-electron chi connectivity index (χ4n) is 2.89. The van der Waals surface area contributed by atoms with Gasteiger partial charge >= 0.3 is 0 Å². The first kappa shape index (κ1) is 12.3. The standard InChI is InChI=1S/C14H18BrNO2/c1-2-10-11(9-3-4-16-8-9)7-12(15)14-13(10)17-5-6-18-14/h7,9,16H,2-6,8H2,1H3. The van der Waals surface area contributed by atoms with Gasteiger partial charge in [0.15, 0.2) is 11.5 Å². The predicted molar refractivity (Wildman–Crippen MR) is 74.7 cm³/mol. The molecule has 2 aliphatic rings. The van der Waals surface area contributed by atoms with Gasteiger partial charge in [0.05, 0.1) is 4.47 Å². The zero-order valence-electron chi connectivity index (χ0n) is 10.6. The predicted octanol–water partition coefficient (Wildman–Crippen LogP) is 2.86. The highest BCUT2D eigenvalue weighted by atomic mass is 79.9. The van der Waals surface area contributed by atoms with Crippen LogP contribution in [0.3, 0.4) is 0 Å². The summed E-state index contributed by atoms with van der Waals surface area (Å²) in [4.78, 5) is 0. The molecule has 1 aromatic carbocycles. The van der Waals surface area contributed by atoms with E-state index < -0.39 is 0 Å². The van der Waals surface area contributed by atoms with Crippen LogP contribution in [0, 0.1) is 0 Å². The summed E-state index contributed by atoms with van der Waals surface area (Å²) < 4.78 is 12.6. The first-order chi connectivity index (χ1) is 8.81. The molecule has 1 fully saturated rings. The van der Waals surface area contributed by atoms with E-state index in [1.807, 2.05) is 0 Å². The molecule has 1 aromatic rings.